The van der Waals surface area contributed by atoms with Crippen molar-refractivity contribution < 1.29 is 0 Å². The van der Waals surface area contributed by atoms with Crippen LogP contribution in [0.1, 0.15) is 36.6 Å². The molecular formula is C22H28N4. The lowest BCUT2D eigenvalue weighted by molar-refractivity contribution is 0.375. The number of aryl methyl sites for hydroxylation is 1. The number of benzene rings is 1. The molecule has 26 heavy (non-hydrogen) atoms. The predicted octanol–water partition coefficient (Wildman–Crippen LogP) is 4.03. The van der Waals surface area contributed by atoms with Gasteiger partial charge in [0.25, 0.3) is 0 Å². The minimum absolute atomic E-state index is 0.623. The Morgan fingerprint density at radius 2 is 1.92 bits per heavy atom. The van der Waals surface area contributed by atoms with Crippen molar-refractivity contribution in [1.82, 2.24) is 15.2 Å². The van der Waals surface area contributed by atoms with Gasteiger partial charge in [0.05, 0.1) is 12.2 Å². The van der Waals surface area contributed by atoms with Crippen molar-refractivity contribution in [3.8, 4) is 0 Å². The average Bonchev–Trinajstić information content (AvgIpc) is 2.68. The van der Waals surface area contributed by atoms with Gasteiger partial charge >= 0.3 is 0 Å². The van der Waals surface area contributed by atoms with Crippen LogP contribution in [-0.4, -0.2) is 35.5 Å². The molecule has 136 valence electrons. The minimum Gasteiger partial charge on any atom is -0.357 e. The number of aliphatic imine (C=N–C) groups is 1. The second-order valence-electron chi connectivity index (χ2n) is 6.64. The van der Waals surface area contributed by atoms with E-state index in [-0.39, 0.29) is 0 Å². The van der Waals surface area contributed by atoms with E-state index >= 15 is 0 Å². The summed E-state index contributed by atoms with van der Waals surface area (Å²) in [5.41, 5.74) is 5.05. The Morgan fingerprint density at radius 1 is 1.15 bits per heavy atom. The molecule has 1 fully saturated rings. The van der Waals surface area contributed by atoms with Crippen LogP contribution in [0.2, 0.25) is 0 Å². The molecule has 3 rings (SSSR count). The molecule has 0 aliphatic carbocycles. The number of hydrogen-bond donors (Lipinski definition) is 1. The van der Waals surface area contributed by atoms with E-state index in [9.17, 15) is 0 Å². The van der Waals surface area contributed by atoms with Crippen molar-refractivity contribution in [1.29, 1.82) is 0 Å². The summed E-state index contributed by atoms with van der Waals surface area (Å²) in [7, 11) is 0. The van der Waals surface area contributed by atoms with Crippen LogP contribution >= 0.6 is 0 Å². The molecule has 0 saturated carbocycles. The van der Waals surface area contributed by atoms with Gasteiger partial charge in [-0.25, -0.2) is 4.99 Å². The maximum absolute atomic E-state index is 4.83. The van der Waals surface area contributed by atoms with E-state index in [2.05, 4.69) is 71.5 Å². The van der Waals surface area contributed by atoms with Gasteiger partial charge in [0.15, 0.2) is 5.96 Å². The van der Waals surface area contributed by atoms with Crippen LogP contribution in [0.5, 0.6) is 0 Å². The van der Waals surface area contributed by atoms with E-state index in [1.807, 2.05) is 12.3 Å². The first kappa shape index (κ1) is 18.2. The van der Waals surface area contributed by atoms with E-state index in [0.29, 0.717) is 6.54 Å². The van der Waals surface area contributed by atoms with Gasteiger partial charge in [0, 0.05) is 25.8 Å². The average molecular weight is 348 g/mol. The van der Waals surface area contributed by atoms with Crippen molar-refractivity contribution in [2.75, 3.05) is 19.6 Å². The molecule has 0 amide bonds. The van der Waals surface area contributed by atoms with Crippen LogP contribution < -0.4 is 5.32 Å². The maximum atomic E-state index is 4.83. The summed E-state index contributed by atoms with van der Waals surface area (Å²) in [4.78, 5) is 11.6. The highest BCUT2D eigenvalue weighted by atomic mass is 15.3. The molecule has 1 saturated heterocycles. The summed E-state index contributed by atoms with van der Waals surface area (Å²) in [5.74, 6) is 0.997. The first-order valence-electron chi connectivity index (χ1n) is 9.44. The van der Waals surface area contributed by atoms with Gasteiger partial charge in [0.1, 0.15) is 0 Å². The topological polar surface area (TPSA) is 40.5 Å². The number of piperidine rings is 1. The fourth-order valence-electron chi connectivity index (χ4n) is 3.19. The molecule has 1 aliphatic heterocycles. The molecular weight excluding hydrogens is 320 g/mol. The number of likely N-dealkylation sites (tertiary alicyclic amines) is 1. The van der Waals surface area contributed by atoms with Gasteiger partial charge in [-0.05, 0) is 43.9 Å². The number of nitrogens with one attached hydrogen (secondary N) is 1. The van der Waals surface area contributed by atoms with Crippen LogP contribution in [-0.2, 0) is 6.54 Å². The highest BCUT2D eigenvalue weighted by Crippen LogP contribution is 2.19. The summed E-state index contributed by atoms with van der Waals surface area (Å²) < 4.78 is 0. The molecule has 0 radical (unpaired) electrons. The van der Waals surface area contributed by atoms with Crippen LogP contribution in [0.25, 0.3) is 6.08 Å². The van der Waals surface area contributed by atoms with Gasteiger partial charge in [-0.3, -0.25) is 4.98 Å². The summed E-state index contributed by atoms with van der Waals surface area (Å²) in [5, 5.41) is 3.44. The molecule has 2 aromatic rings. The van der Waals surface area contributed by atoms with Crippen molar-refractivity contribution in [3.63, 3.8) is 0 Å². The Morgan fingerprint density at radius 3 is 2.62 bits per heavy atom. The number of guanidine groups is 1. The standard InChI is InChI=1S/C22H28N4/c1-3-23-22(25-17-21-18(2)8-7-13-24-21)26-14-11-20(12-15-26)16-19-9-5-4-6-10-19/h4-10,13,16H,3,11-12,14-15,17H2,1-2H3,(H,23,25). The van der Waals surface area contributed by atoms with Crippen molar-refractivity contribution in [3.05, 3.63) is 71.1 Å². The monoisotopic (exact) mass is 348 g/mol. The first-order valence-corrected chi connectivity index (χ1v) is 9.44. The zero-order valence-electron chi connectivity index (χ0n) is 15.8. The lowest BCUT2D eigenvalue weighted by atomic mass is 10.0. The summed E-state index contributed by atoms with van der Waals surface area (Å²) in [6.07, 6.45) is 6.34. The van der Waals surface area contributed by atoms with Crippen LogP contribution in [0.3, 0.4) is 0 Å². The highest BCUT2D eigenvalue weighted by Gasteiger charge is 2.17. The van der Waals surface area contributed by atoms with Gasteiger partial charge in [-0.2, -0.15) is 0 Å². The molecule has 0 atom stereocenters. The molecule has 0 bridgehead atoms. The Balaban J connectivity index is 1.64. The summed E-state index contributed by atoms with van der Waals surface area (Å²) in [6, 6.07) is 14.6. The molecule has 1 aromatic heterocycles. The zero-order chi connectivity index (χ0) is 18.2. The Hall–Kier alpha value is -2.62. The smallest absolute Gasteiger partial charge is 0.194 e. The molecule has 0 spiro atoms. The van der Waals surface area contributed by atoms with Crippen LogP contribution in [0, 0.1) is 6.92 Å². The van der Waals surface area contributed by atoms with Crippen LogP contribution in [0.4, 0.5) is 0 Å². The third kappa shape index (κ3) is 4.94. The molecule has 4 heteroatoms. The quantitative estimate of drug-likeness (QED) is 0.670. The zero-order valence-corrected chi connectivity index (χ0v) is 15.8. The third-order valence-corrected chi connectivity index (χ3v) is 4.71. The SMILES string of the molecule is CCNC(=NCc1ncccc1C)N1CCC(=Cc2ccccc2)CC1. The second-order valence-corrected chi connectivity index (χ2v) is 6.64. The predicted molar refractivity (Wildman–Crippen MR) is 109 cm³/mol. The molecule has 2 heterocycles. The molecule has 0 unspecified atom stereocenters. The molecule has 4 nitrogen and oxygen atoms in total. The highest BCUT2D eigenvalue weighted by molar-refractivity contribution is 5.80. The van der Waals surface area contributed by atoms with E-state index < -0.39 is 0 Å². The fraction of sp³-hybridized carbons (Fsp3) is 0.364. The summed E-state index contributed by atoms with van der Waals surface area (Å²) >= 11 is 0. The number of aromatic nitrogens is 1. The molecule has 1 aromatic carbocycles. The van der Waals surface area contributed by atoms with Crippen molar-refractivity contribution in [2.24, 2.45) is 4.99 Å². The van der Waals surface area contributed by atoms with Gasteiger partial charge in [0.2, 0.25) is 0 Å². The maximum Gasteiger partial charge on any atom is 0.194 e. The van der Waals surface area contributed by atoms with E-state index in [1.165, 1.54) is 16.7 Å². The second kappa shape index (κ2) is 9.18. The first-order chi connectivity index (χ1) is 12.8. The fourth-order valence-corrected chi connectivity index (χ4v) is 3.19. The Kier molecular flexibility index (Phi) is 6.42. The van der Waals surface area contributed by atoms with Gasteiger partial charge in [-0.1, -0.05) is 48.0 Å². The Labute approximate surface area is 156 Å². The summed E-state index contributed by atoms with van der Waals surface area (Å²) in [6.45, 7) is 7.72. The lowest BCUT2D eigenvalue weighted by Crippen LogP contribution is -2.44. The Bertz CT molecular complexity index is 755. The van der Waals surface area contributed by atoms with Crippen LogP contribution in [0.15, 0.2) is 59.2 Å². The van der Waals surface area contributed by atoms with Crippen molar-refractivity contribution >= 4 is 12.0 Å². The number of pyridine rings is 1. The molecule has 1 aliphatic rings. The van der Waals surface area contributed by atoms with E-state index in [1.54, 1.807) is 0 Å². The number of rotatable bonds is 4. The molecule has 1 N–H and O–H groups in total. The van der Waals surface area contributed by atoms with Gasteiger partial charge in [-0.15, -0.1) is 0 Å². The number of hydrogen-bond acceptors (Lipinski definition) is 2. The number of nitrogens with zero attached hydrogens (tertiary/aromatic N) is 3. The normalized spacial score (nSPS) is 15.1. The third-order valence-electron chi connectivity index (χ3n) is 4.71. The van der Waals surface area contributed by atoms with E-state index in [4.69, 9.17) is 4.99 Å². The largest absolute Gasteiger partial charge is 0.357 e. The van der Waals surface area contributed by atoms with Gasteiger partial charge < -0.3 is 10.2 Å². The van der Waals surface area contributed by atoms with E-state index in [0.717, 1.165) is 44.1 Å². The lowest BCUT2D eigenvalue weighted by Gasteiger charge is -2.31. The minimum atomic E-state index is 0.623. The van der Waals surface area contributed by atoms with Crippen molar-refractivity contribution in [2.45, 2.75) is 33.2 Å².